The summed E-state index contributed by atoms with van der Waals surface area (Å²) in [5, 5.41) is 11.1. The minimum Gasteiger partial charge on any atom is -0.493 e. The van der Waals surface area contributed by atoms with Gasteiger partial charge < -0.3 is 24.4 Å². The largest absolute Gasteiger partial charge is 0.493 e. The highest BCUT2D eigenvalue weighted by Gasteiger charge is 2.37. The fourth-order valence-electron chi connectivity index (χ4n) is 3.87. The first kappa shape index (κ1) is 23.2. The van der Waals surface area contributed by atoms with Gasteiger partial charge in [-0.25, -0.2) is 9.37 Å². The molecule has 1 N–H and O–H groups in total. The standard InChI is InChI=1S/C23H33FN4O3/c1-26(2)11-12-31-20-7-5-18(13-21(20)30-4)15-27(3)16-23(29)9-10-28(17-23)22-8-6-19(24)14-25-22/h5-8,13-14,29H,9-12,15-17H2,1-4H3/t23-/m0/s1. The van der Waals surface area contributed by atoms with Crippen LogP contribution in [0.5, 0.6) is 11.5 Å². The maximum atomic E-state index is 13.1. The van der Waals surface area contributed by atoms with Crippen molar-refractivity contribution in [2.24, 2.45) is 0 Å². The van der Waals surface area contributed by atoms with Crippen LogP contribution in [0.15, 0.2) is 36.5 Å². The molecule has 0 aliphatic carbocycles. The average Bonchev–Trinajstić information content (AvgIpc) is 3.10. The Kier molecular flexibility index (Phi) is 7.69. The van der Waals surface area contributed by atoms with Gasteiger partial charge in [0.25, 0.3) is 0 Å². The Morgan fingerprint density at radius 2 is 2.00 bits per heavy atom. The molecule has 1 aromatic carbocycles. The number of β-amino-alcohol motifs (C(OH)–C–C–N with tert-alkyl or cyclic N) is 1. The van der Waals surface area contributed by atoms with E-state index in [9.17, 15) is 9.50 Å². The molecular weight excluding hydrogens is 399 g/mol. The Balaban J connectivity index is 1.56. The van der Waals surface area contributed by atoms with Crippen molar-refractivity contribution < 1.29 is 19.0 Å². The van der Waals surface area contributed by atoms with Gasteiger partial charge in [0.15, 0.2) is 11.5 Å². The zero-order valence-corrected chi connectivity index (χ0v) is 18.8. The number of likely N-dealkylation sites (N-methyl/N-ethyl adjacent to an activating group) is 2. The molecule has 2 aromatic rings. The van der Waals surface area contributed by atoms with E-state index >= 15 is 0 Å². The maximum Gasteiger partial charge on any atom is 0.161 e. The number of methoxy groups -OCH3 is 1. The molecule has 0 bridgehead atoms. The Bertz CT molecular complexity index is 849. The smallest absolute Gasteiger partial charge is 0.161 e. The molecule has 170 valence electrons. The summed E-state index contributed by atoms with van der Waals surface area (Å²) in [7, 11) is 7.64. The van der Waals surface area contributed by atoms with Gasteiger partial charge in [-0.1, -0.05) is 6.07 Å². The first-order valence-corrected chi connectivity index (χ1v) is 10.5. The van der Waals surface area contributed by atoms with Gasteiger partial charge in [0.2, 0.25) is 0 Å². The molecule has 31 heavy (non-hydrogen) atoms. The number of aromatic nitrogens is 1. The highest BCUT2D eigenvalue weighted by Crippen LogP contribution is 2.30. The summed E-state index contributed by atoms with van der Waals surface area (Å²) in [6.45, 7) is 3.78. The van der Waals surface area contributed by atoms with E-state index in [2.05, 4.69) is 14.8 Å². The van der Waals surface area contributed by atoms with Gasteiger partial charge in [0.1, 0.15) is 18.2 Å². The van der Waals surface area contributed by atoms with Gasteiger partial charge in [0.05, 0.1) is 18.9 Å². The predicted molar refractivity (Wildman–Crippen MR) is 119 cm³/mol. The third-order valence-corrected chi connectivity index (χ3v) is 5.41. The molecule has 0 amide bonds. The van der Waals surface area contributed by atoms with Gasteiger partial charge in [-0.2, -0.15) is 0 Å². The van der Waals surface area contributed by atoms with E-state index < -0.39 is 5.60 Å². The molecule has 1 aromatic heterocycles. The number of ether oxygens (including phenoxy) is 2. The fraction of sp³-hybridized carbons (Fsp3) is 0.522. The molecule has 0 spiro atoms. The topological polar surface area (TPSA) is 61.3 Å². The molecule has 8 heteroatoms. The number of pyridine rings is 1. The first-order valence-electron chi connectivity index (χ1n) is 10.5. The zero-order chi connectivity index (χ0) is 22.4. The summed E-state index contributed by atoms with van der Waals surface area (Å²) >= 11 is 0. The fourth-order valence-corrected chi connectivity index (χ4v) is 3.87. The summed E-state index contributed by atoms with van der Waals surface area (Å²) in [5.74, 6) is 1.77. The molecule has 1 aliphatic heterocycles. The lowest BCUT2D eigenvalue weighted by Gasteiger charge is -2.29. The van der Waals surface area contributed by atoms with E-state index in [0.717, 1.165) is 17.9 Å². The predicted octanol–water partition coefficient (Wildman–Crippen LogP) is 2.24. The second-order valence-corrected chi connectivity index (χ2v) is 8.54. The van der Waals surface area contributed by atoms with Crippen LogP contribution in [0.3, 0.4) is 0 Å². The monoisotopic (exact) mass is 432 g/mol. The minimum absolute atomic E-state index is 0.359. The van der Waals surface area contributed by atoms with Gasteiger partial charge in [-0.05, 0) is 57.4 Å². The van der Waals surface area contributed by atoms with Crippen molar-refractivity contribution in [1.82, 2.24) is 14.8 Å². The molecule has 1 saturated heterocycles. The highest BCUT2D eigenvalue weighted by atomic mass is 19.1. The molecule has 0 unspecified atom stereocenters. The van der Waals surface area contributed by atoms with Crippen LogP contribution in [0.2, 0.25) is 0 Å². The van der Waals surface area contributed by atoms with Crippen LogP contribution in [-0.2, 0) is 6.54 Å². The van der Waals surface area contributed by atoms with Crippen LogP contribution >= 0.6 is 0 Å². The number of hydrogen-bond donors (Lipinski definition) is 1. The molecule has 1 atom stereocenters. The van der Waals surface area contributed by atoms with Gasteiger partial charge >= 0.3 is 0 Å². The van der Waals surface area contributed by atoms with Crippen molar-refractivity contribution in [2.75, 3.05) is 65.9 Å². The minimum atomic E-state index is -0.843. The van der Waals surface area contributed by atoms with E-state index in [0.29, 0.717) is 50.8 Å². The van der Waals surface area contributed by atoms with Crippen LogP contribution in [0, 0.1) is 5.82 Å². The number of hydrogen-bond acceptors (Lipinski definition) is 7. The van der Waals surface area contributed by atoms with E-state index in [1.54, 1.807) is 13.2 Å². The molecule has 7 nitrogen and oxygen atoms in total. The third-order valence-electron chi connectivity index (χ3n) is 5.41. The maximum absolute atomic E-state index is 13.1. The Labute approximate surface area is 184 Å². The Morgan fingerprint density at radius 1 is 1.19 bits per heavy atom. The van der Waals surface area contributed by atoms with Crippen molar-refractivity contribution in [2.45, 2.75) is 18.6 Å². The zero-order valence-electron chi connectivity index (χ0n) is 18.8. The summed E-state index contributed by atoms with van der Waals surface area (Å²) in [6, 6.07) is 8.99. The quantitative estimate of drug-likeness (QED) is 0.618. The van der Waals surface area contributed by atoms with Crippen LogP contribution < -0.4 is 14.4 Å². The molecule has 0 saturated carbocycles. The SMILES string of the molecule is COc1cc(CN(C)C[C@@]2(O)CCN(c3ccc(F)cn3)C2)ccc1OCCN(C)C. The summed E-state index contributed by atoms with van der Waals surface area (Å²) < 4.78 is 24.5. The number of rotatable bonds is 10. The van der Waals surface area contributed by atoms with Crippen molar-refractivity contribution >= 4 is 5.82 Å². The van der Waals surface area contributed by atoms with Gasteiger partial charge in [-0.3, -0.25) is 4.90 Å². The normalized spacial score (nSPS) is 18.8. The van der Waals surface area contributed by atoms with Crippen LogP contribution in [0.4, 0.5) is 10.2 Å². The van der Waals surface area contributed by atoms with Gasteiger partial charge in [0, 0.05) is 32.7 Å². The van der Waals surface area contributed by atoms with Crippen LogP contribution in [0.1, 0.15) is 12.0 Å². The summed E-state index contributed by atoms with van der Waals surface area (Å²) in [4.78, 5) is 10.3. The number of halogens is 1. The second-order valence-electron chi connectivity index (χ2n) is 8.54. The lowest BCUT2D eigenvalue weighted by atomic mass is 10.0. The van der Waals surface area contributed by atoms with Crippen molar-refractivity contribution in [3.8, 4) is 11.5 Å². The number of nitrogens with zero attached hydrogens (tertiary/aromatic N) is 4. The molecular formula is C23H33FN4O3. The van der Waals surface area contributed by atoms with Crippen molar-refractivity contribution in [3.63, 3.8) is 0 Å². The molecule has 1 aliphatic rings. The Morgan fingerprint density at radius 3 is 2.68 bits per heavy atom. The van der Waals surface area contributed by atoms with Crippen molar-refractivity contribution in [1.29, 1.82) is 0 Å². The van der Waals surface area contributed by atoms with Crippen LogP contribution in [0.25, 0.3) is 0 Å². The molecule has 3 rings (SSSR count). The second kappa shape index (κ2) is 10.3. The highest BCUT2D eigenvalue weighted by molar-refractivity contribution is 5.43. The molecule has 1 fully saturated rings. The van der Waals surface area contributed by atoms with Crippen molar-refractivity contribution in [3.05, 3.63) is 47.9 Å². The summed E-state index contributed by atoms with van der Waals surface area (Å²) in [5.41, 5.74) is 0.238. The first-order chi connectivity index (χ1) is 14.8. The number of aliphatic hydroxyl groups is 1. The van der Waals surface area contributed by atoms with E-state index in [1.807, 2.05) is 44.2 Å². The Hall–Kier alpha value is -2.42. The van der Waals surface area contributed by atoms with Crippen LogP contribution in [-0.4, -0.2) is 86.5 Å². The summed E-state index contributed by atoms with van der Waals surface area (Å²) in [6.07, 6.45) is 1.85. The number of anilines is 1. The third kappa shape index (κ3) is 6.53. The van der Waals surface area contributed by atoms with E-state index in [4.69, 9.17) is 9.47 Å². The van der Waals surface area contributed by atoms with E-state index in [1.165, 1.54) is 12.3 Å². The average molecular weight is 433 g/mol. The molecule has 0 radical (unpaired) electrons. The lowest BCUT2D eigenvalue weighted by Crippen LogP contribution is -2.43. The number of benzene rings is 1. The molecule has 2 heterocycles. The van der Waals surface area contributed by atoms with E-state index in [-0.39, 0.29) is 5.82 Å². The van der Waals surface area contributed by atoms with Gasteiger partial charge in [-0.15, -0.1) is 0 Å². The lowest BCUT2D eigenvalue weighted by molar-refractivity contribution is 0.0279.